The maximum absolute atomic E-state index is 5.30. The van der Waals surface area contributed by atoms with Gasteiger partial charge in [0.2, 0.25) is 0 Å². The number of pyridine rings is 2. The van der Waals surface area contributed by atoms with Crippen molar-refractivity contribution < 1.29 is 4.74 Å². The predicted octanol–water partition coefficient (Wildman–Crippen LogP) is 6.15. The summed E-state index contributed by atoms with van der Waals surface area (Å²) < 4.78 is 5.30. The molecular formula is C31H31N7OS. The fourth-order valence-electron chi connectivity index (χ4n) is 5.82. The fraction of sp³-hybridized carbons (Fsp3) is 0.290. The molecule has 0 bridgehead atoms. The Bertz CT molecular complexity index is 1660. The Kier molecular flexibility index (Phi) is 6.83. The van der Waals surface area contributed by atoms with Crippen LogP contribution in [0.1, 0.15) is 19.3 Å². The normalized spacial score (nSPS) is 17.6. The summed E-state index contributed by atoms with van der Waals surface area (Å²) in [6.45, 7) is 4.36. The Morgan fingerprint density at radius 3 is 2.67 bits per heavy atom. The summed E-state index contributed by atoms with van der Waals surface area (Å²) >= 11 is 1.67. The number of methoxy groups -OCH3 is 1. The first-order valence-electron chi connectivity index (χ1n) is 13.8. The van der Waals surface area contributed by atoms with Crippen LogP contribution in [0.15, 0.2) is 82.8 Å². The SMILES string of the molecule is COc1cnc2c(Sc3ccc(Nc4nnc(N5CCN6CCCC[C@H]6C5)c5ccccc45)cc3)ccnc2c1. The Morgan fingerprint density at radius 2 is 1.80 bits per heavy atom. The number of fused-ring (bicyclic) bond motifs is 3. The summed E-state index contributed by atoms with van der Waals surface area (Å²) in [5.74, 6) is 2.47. The quantitative estimate of drug-likeness (QED) is 0.268. The molecule has 1 atom stereocenters. The smallest absolute Gasteiger partial charge is 0.161 e. The van der Waals surface area contributed by atoms with Crippen molar-refractivity contribution in [3.05, 3.63) is 73.1 Å². The van der Waals surface area contributed by atoms with E-state index in [4.69, 9.17) is 9.84 Å². The third-order valence-electron chi connectivity index (χ3n) is 7.90. The zero-order chi connectivity index (χ0) is 26.9. The van der Waals surface area contributed by atoms with Crippen molar-refractivity contribution in [1.82, 2.24) is 25.1 Å². The van der Waals surface area contributed by atoms with Crippen molar-refractivity contribution in [3.63, 3.8) is 0 Å². The van der Waals surface area contributed by atoms with Crippen LogP contribution in [-0.2, 0) is 0 Å². The second-order valence-corrected chi connectivity index (χ2v) is 11.5. The average molecular weight is 550 g/mol. The molecule has 5 aromatic rings. The van der Waals surface area contributed by atoms with Gasteiger partial charge in [0.25, 0.3) is 0 Å². The fourth-order valence-corrected chi connectivity index (χ4v) is 6.72. The molecule has 8 nitrogen and oxygen atoms in total. The Labute approximate surface area is 237 Å². The third-order valence-corrected chi connectivity index (χ3v) is 8.96. The van der Waals surface area contributed by atoms with Crippen LogP contribution in [0.5, 0.6) is 5.75 Å². The first kappa shape index (κ1) is 25.0. The lowest BCUT2D eigenvalue weighted by molar-refractivity contribution is 0.133. The molecule has 202 valence electrons. The molecule has 7 rings (SSSR count). The van der Waals surface area contributed by atoms with Crippen LogP contribution in [0.4, 0.5) is 17.3 Å². The van der Waals surface area contributed by atoms with E-state index in [2.05, 4.69) is 78.7 Å². The summed E-state index contributed by atoms with van der Waals surface area (Å²) in [7, 11) is 1.64. The molecule has 2 saturated heterocycles. The highest BCUT2D eigenvalue weighted by atomic mass is 32.2. The molecule has 9 heteroatoms. The molecule has 2 aromatic carbocycles. The number of ether oxygens (including phenoxy) is 1. The van der Waals surface area contributed by atoms with Gasteiger partial charge in [-0.2, -0.15) is 0 Å². The van der Waals surface area contributed by atoms with E-state index in [0.717, 1.165) is 68.6 Å². The minimum absolute atomic E-state index is 0.626. The standard InChI is InChI=1S/C31H31N7OS/c1-39-23-18-27-29(33-19-23)28(13-14-32-27)40-24-11-9-21(10-12-24)34-30-25-7-2-3-8-26(25)31(36-35-30)38-17-16-37-15-5-4-6-22(37)20-38/h2-3,7-14,18-19,22H,4-6,15-17,20H2,1H3,(H,34,35)/t22-/m0/s1. The van der Waals surface area contributed by atoms with Crippen molar-refractivity contribution >= 4 is 50.9 Å². The summed E-state index contributed by atoms with van der Waals surface area (Å²) in [5.41, 5.74) is 2.65. The summed E-state index contributed by atoms with van der Waals surface area (Å²) in [5, 5.41) is 15.2. The highest BCUT2D eigenvalue weighted by Crippen LogP contribution is 2.35. The maximum atomic E-state index is 5.30. The molecule has 2 aliphatic rings. The number of nitrogens with zero attached hydrogens (tertiary/aromatic N) is 6. The van der Waals surface area contributed by atoms with Crippen molar-refractivity contribution in [3.8, 4) is 5.75 Å². The zero-order valence-electron chi connectivity index (χ0n) is 22.5. The van der Waals surface area contributed by atoms with Crippen LogP contribution in [0, 0.1) is 0 Å². The van der Waals surface area contributed by atoms with Crippen molar-refractivity contribution in [2.75, 3.05) is 43.5 Å². The van der Waals surface area contributed by atoms with Gasteiger partial charge in [0.1, 0.15) is 11.3 Å². The molecule has 1 N–H and O–H groups in total. The molecule has 0 aliphatic carbocycles. The van der Waals surface area contributed by atoms with Crippen LogP contribution in [0.3, 0.4) is 0 Å². The molecular weight excluding hydrogens is 518 g/mol. The van der Waals surface area contributed by atoms with Crippen LogP contribution in [0.25, 0.3) is 21.8 Å². The molecule has 3 aromatic heterocycles. The number of anilines is 3. The van der Waals surface area contributed by atoms with Gasteiger partial charge in [-0.3, -0.25) is 9.88 Å². The molecule has 5 heterocycles. The van der Waals surface area contributed by atoms with Crippen LogP contribution in [-0.4, -0.2) is 64.4 Å². The largest absolute Gasteiger partial charge is 0.495 e. The number of aromatic nitrogens is 4. The second kappa shape index (κ2) is 10.9. The number of rotatable bonds is 6. The Balaban J connectivity index is 1.10. The molecule has 0 radical (unpaired) electrons. The van der Waals surface area contributed by atoms with Gasteiger partial charge in [0.05, 0.1) is 18.8 Å². The number of hydrogen-bond donors (Lipinski definition) is 1. The van der Waals surface area contributed by atoms with Gasteiger partial charge in [-0.05, 0) is 49.7 Å². The number of nitrogens with one attached hydrogen (secondary N) is 1. The molecule has 2 fully saturated rings. The van der Waals surface area contributed by atoms with Gasteiger partial charge >= 0.3 is 0 Å². The maximum Gasteiger partial charge on any atom is 0.161 e. The predicted molar refractivity (Wildman–Crippen MR) is 161 cm³/mol. The lowest BCUT2D eigenvalue weighted by Crippen LogP contribution is -2.55. The van der Waals surface area contributed by atoms with Gasteiger partial charge in [-0.25, -0.2) is 4.98 Å². The number of piperazine rings is 1. The van der Waals surface area contributed by atoms with E-state index < -0.39 is 0 Å². The van der Waals surface area contributed by atoms with Crippen molar-refractivity contribution in [1.29, 1.82) is 0 Å². The van der Waals surface area contributed by atoms with E-state index in [1.165, 1.54) is 25.8 Å². The lowest BCUT2D eigenvalue weighted by atomic mass is 9.99. The number of hydrogen-bond acceptors (Lipinski definition) is 9. The van der Waals surface area contributed by atoms with E-state index >= 15 is 0 Å². The summed E-state index contributed by atoms with van der Waals surface area (Å²) in [6, 6.07) is 21.4. The van der Waals surface area contributed by atoms with Crippen molar-refractivity contribution in [2.24, 2.45) is 0 Å². The zero-order valence-corrected chi connectivity index (χ0v) is 23.3. The van der Waals surface area contributed by atoms with Gasteiger partial charge in [-0.15, -0.1) is 10.2 Å². The molecule has 0 amide bonds. The minimum atomic E-state index is 0.626. The van der Waals surface area contributed by atoms with E-state index in [0.29, 0.717) is 11.8 Å². The highest BCUT2D eigenvalue weighted by molar-refractivity contribution is 7.99. The monoisotopic (exact) mass is 549 g/mol. The Hall–Kier alpha value is -3.95. The van der Waals surface area contributed by atoms with E-state index in [-0.39, 0.29) is 0 Å². The topological polar surface area (TPSA) is 79.3 Å². The number of benzene rings is 2. The molecule has 0 unspecified atom stereocenters. The number of piperidine rings is 1. The average Bonchev–Trinajstić information content (AvgIpc) is 3.02. The van der Waals surface area contributed by atoms with Gasteiger partial charge in [-0.1, -0.05) is 42.4 Å². The van der Waals surface area contributed by atoms with E-state index in [9.17, 15) is 0 Å². The van der Waals surface area contributed by atoms with E-state index in [1.54, 1.807) is 25.1 Å². The second-order valence-electron chi connectivity index (χ2n) is 10.4. The van der Waals surface area contributed by atoms with Crippen LogP contribution >= 0.6 is 11.8 Å². The summed E-state index contributed by atoms with van der Waals surface area (Å²) in [6.07, 6.45) is 7.47. The van der Waals surface area contributed by atoms with Crippen LogP contribution < -0.4 is 15.0 Å². The lowest BCUT2D eigenvalue weighted by Gasteiger charge is -2.44. The van der Waals surface area contributed by atoms with Gasteiger partial charge < -0.3 is 15.0 Å². The van der Waals surface area contributed by atoms with Crippen LogP contribution in [0.2, 0.25) is 0 Å². The third kappa shape index (κ3) is 4.91. The molecule has 0 saturated carbocycles. The highest BCUT2D eigenvalue weighted by Gasteiger charge is 2.30. The molecule has 0 spiro atoms. The first-order chi connectivity index (χ1) is 19.7. The first-order valence-corrected chi connectivity index (χ1v) is 14.6. The van der Waals surface area contributed by atoms with E-state index in [1.807, 2.05) is 18.3 Å². The minimum Gasteiger partial charge on any atom is -0.495 e. The molecule has 2 aliphatic heterocycles. The van der Waals surface area contributed by atoms with Gasteiger partial charge in [0, 0.05) is 64.2 Å². The summed E-state index contributed by atoms with van der Waals surface area (Å²) in [4.78, 5) is 16.3. The van der Waals surface area contributed by atoms with Crippen molar-refractivity contribution in [2.45, 2.75) is 35.1 Å². The van der Waals surface area contributed by atoms with Gasteiger partial charge in [0.15, 0.2) is 11.6 Å². The Morgan fingerprint density at radius 1 is 0.925 bits per heavy atom. The molecule has 40 heavy (non-hydrogen) atoms.